The van der Waals surface area contributed by atoms with E-state index in [4.69, 9.17) is 28.2 Å². The van der Waals surface area contributed by atoms with Crippen LogP contribution in [0.4, 0.5) is 18.3 Å². The molecule has 3 aromatic carbocycles. The lowest BCUT2D eigenvalue weighted by Gasteiger charge is -2.16. The number of amides is 1. The minimum atomic E-state index is -4.50. The van der Waals surface area contributed by atoms with Crippen LogP contribution in [0.25, 0.3) is 32.8 Å². The van der Waals surface area contributed by atoms with Crippen molar-refractivity contribution in [3.63, 3.8) is 0 Å². The molecule has 1 unspecified atom stereocenters. The van der Waals surface area contributed by atoms with E-state index in [1.165, 1.54) is 41.4 Å². The van der Waals surface area contributed by atoms with Gasteiger partial charge in [0.2, 0.25) is 5.75 Å². The molecule has 0 fully saturated rings. The van der Waals surface area contributed by atoms with Gasteiger partial charge in [0.1, 0.15) is 5.69 Å². The highest BCUT2D eigenvalue weighted by molar-refractivity contribution is 7.22. The Morgan fingerprint density at radius 2 is 1.55 bits per heavy atom. The van der Waals surface area contributed by atoms with Crippen LogP contribution >= 0.6 is 11.3 Å². The number of halogens is 3. The molecule has 44 heavy (non-hydrogen) atoms. The second-order valence-electron chi connectivity index (χ2n) is 9.30. The van der Waals surface area contributed by atoms with Crippen molar-refractivity contribution in [1.82, 2.24) is 10.1 Å². The zero-order valence-corrected chi connectivity index (χ0v) is 24.9. The Balaban J connectivity index is 1.35. The number of alkyl halides is 3. The first-order valence-corrected chi connectivity index (χ1v) is 13.8. The van der Waals surface area contributed by atoms with Gasteiger partial charge in [-0.25, -0.2) is 4.98 Å². The zero-order valence-electron chi connectivity index (χ0n) is 24.1. The summed E-state index contributed by atoms with van der Waals surface area (Å²) in [6.45, 7) is 1.52. The number of fused-ring (bicyclic) bond motifs is 1. The highest BCUT2D eigenvalue weighted by Crippen LogP contribution is 2.42. The average Bonchev–Trinajstić information content (AvgIpc) is 3.66. The maximum Gasteiger partial charge on any atom is 0.416 e. The van der Waals surface area contributed by atoms with Crippen LogP contribution in [0.1, 0.15) is 12.5 Å². The number of ether oxygens (including phenoxy) is 5. The van der Waals surface area contributed by atoms with Gasteiger partial charge in [-0.1, -0.05) is 16.5 Å². The standard InChI is InChI=1S/C30H26F3N3O7S/c1-15(28(37)35-29-34-20-13-18(30(31,32)33)7-9-26(20)44-29)42-23-10-16(6-8-21(23)38-2)22-14-19(36-43-22)17-11-24(39-3)27(41-5)25(12-17)40-4/h6-15H,1-5H3,(H,34,35,37). The van der Waals surface area contributed by atoms with Crippen LogP contribution in [0.5, 0.6) is 28.7 Å². The van der Waals surface area contributed by atoms with Crippen LogP contribution in [0, 0.1) is 0 Å². The van der Waals surface area contributed by atoms with Gasteiger partial charge < -0.3 is 28.2 Å². The van der Waals surface area contributed by atoms with Crippen molar-refractivity contribution in [1.29, 1.82) is 0 Å². The maximum absolute atomic E-state index is 13.1. The molecule has 0 aliphatic carbocycles. The second kappa shape index (κ2) is 12.3. The fraction of sp³-hybridized carbons (Fsp3) is 0.233. The molecule has 10 nitrogen and oxygen atoms in total. The van der Waals surface area contributed by atoms with E-state index < -0.39 is 23.8 Å². The highest BCUT2D eigenvalue weighted by atomic mass is 32.1. The molecule has 5 aromatic rings. The number of aromatic nitrogens is 2. The molecule has 0 aliphatic rings. The summed E-state index contributed by atoms with van der Waals surface area (Å²) in [5, 5.41) is 6.93. The van der Waals surface area contributed by atoms with Gasteiger partial charge in [-0.05, 0) is 55.5 Å². The topological polar surface area (TPSA) is 114 Å². The summed E-state index contributed by atoms with van der Waals surface area (Å²) in [6.07, 6.45) is -5.53. The Bertz CT molecular complexity index is 1790. The van der Waals surface area contributed by atoms with Crippen molar-refractivity contribution >= 4 is 32.6 Å². The summed E-state index contributed by atoms with van der Waals surface area (Å²) in [5.41, 5.74) is 1.06. The summed E-state index contributed by atoms with van der Waals surface area (Å²) in [5.74, 6) is 1.81. The third-order valence-corrected chi connectivity index (χ3v) is 7.49. The van der Waals surface area contributed by atoms with E-state index in [0.717, 1.165) is 23.5 Å². The largest absolute Gasteiger partial charge is 0.493 e. The van der Waals surface area contributed by atoms with Gasteiger partial charge in [-0.15, -0.1) is 0 Å². The molecule has 230 valence electrons. The first kappa shape index (κ1) is 30.5. The van der Waals surface area contributed by atoms with Gasteiger partial charge >= 0.3 is 6.18 Å². The minimum Gasteiger partial charge on any atom is -0.493 e. The van der Waals surface area contributed by atoms with Crippen molar-refractivity contribution in [2.75, 3.05) is 33.8 Å². The van der Waals surface area contributed by atoms with Gasteiger partial charge in [0.15, 0.2) is 40.0 Å². The molecular formula is C30H26F3N3O7S. The SMILES string of the molecule is COc1ccc(-c2cc(-c3cc(OC)c(OC)c(OC)c3)no2)cc1OC(C)C(=O)Nc1nc2cc(C(F)(F)F)ccc2s1. The number of thiazole rings is 1. The number of nitrogens with zero attached hydrogens (tertiary/aromatic N) is 2. The van der Waals surface area contributed by atoms with Crippen LogP contribution in [0.15, 0.2) is 59.1 Å². The van der Waals surface area contributed by atoms with E-state index in [0.29, 0.717) is 50.3 Å². The summed E-state index contributed by atoms with van der Waals surface area (Å²) in [7, 11) is 6.00. The normalized spacial score (nSPS) is 12.1. The number of hydrogen-bond acceptors (Lipinski definition) is 10. The molecule has 0 saturated carbocycles. The number of carbonyl (C=O) groups is 1. The molecule has 0 aliphatic heterocycles. The molecule has 2 aromatic heterocycles. The van der Waals surface area contributed by atoms with E-state index in [-0.39, 0.29) is 16.4 Å². The lowest BCUT2D eigenvalue weighted by atomic mass is 10.1. The third-order valence-electron chi connectivity index (χ3n) is 6.54. The molecule has 1 atom stereocenters. The second-order valence-corrected chi connectivity index (χ2v) is 10.3. The first-order valence-electron chi connectivity index (χ1n) is 13.0. The van der Waals surface area contributed by atoms with Crippen LogP contribution in [0.2, 0.25) is 0 Å². The van der Waals surface area contributed by atoms with Crippen LogP contribution < -0.4 is 29.0 Å². The highest BCUT2D eigenvalue weighted by Gasteiger charge is 2.31. The van der Waals surface area contributed by atoms with Crippen LogP contribution in [0.3, 0.4) is 0 Å². The Hall–Kier alpha value is -4.98. The van der Waals surface area contributed by atoms with Crippen LogP contribution in [-0.4, -0.2) is 50.6 Å². The third kappa shape index (κ3) is 6.20. The predicted molar refractivity (Wildman–Crippen MR) is 157 cm³/mol. The molecule has 14 heteroatoms. The molecular weight excluding hydrogens is 603 g/mol. The summed E-state index contributed by atoms with van der Waals surface area (Å²) in [4.78, 5) is 17.1. The van der Waals surface area contributed by atoms with Crippen molar-refractivity contribution < 1.29 is 46.2 Å². The number of anilines is 1. The van der Waals surface area contributed by atoms with Crippen LogP contribution in [-0.2, 0) is 11.0 Å². The van der Waals surface area contributed by atoms with E-state index in [9.17, 15) is 18.0 Å². The quantitative estimate of drug-likeness (QED) is 0.173. The Kier molecular flexibility index (Phi) is 8.54. The molecule has 1 N–H and O–H groups in total. The van der Waals surface area contributed by atoms with Gasteiger partial charge in [-0.2, -0.15) is 13.2 Å². The molecule has 0 saturated heterocycles. The number of hydrogen-bond donors (Lipinski definition) is 1. The molecule has 0 radical (unpaired) electrons. The van der Waals surface area contributed by atoms with Gasteiger partial charge in [0.05, 0.1) is 44.2 Å². The fourth-order valence-electron chi connectivity index (χ4n) is 4.31. The molecule has 5 rings (SSSR count). The Morgan fingerprint density at radius 3 is 2.18 bits per heavy atom. The summed E-state index contributed by atoms with van der Waals surface area (Å²) in [6, 6.07) is 13.5. The van der Waals surface area contributed by atoms with E-state index in [1.54, 1.807) is 36.4 Å². The average molecular weight is 630 g/mol. The Morgan fingerprint density at radius 1 is 0.864 bits per heavy atom. The van der Waals surface area contributed by atoms with Crippen molar-refractivity contribution in [3.05, 3.63) is 60.2 Å². The summed E-state index contributed by atoms with van der Waals surface area (Å²) >= 11 is 1.05. The van der Waals surface area contributed by atoms with E-state index in [2.05, 4.69) is 15.5 Å². The van der Waals surface area contributed by atoms with Crippen molar-refractivity contribution in [3.8, 4) is 51.3 Å². The number of carbonyl (C=O) groups excluding carboxylic acids is 1. The number of methoxy groups -OCH3 is 4. The van der Waals surface area contributed by atoms with Gasteiger partial charge in [-0.3, -0.25) is 10.1 Å². The minimum absolute atomic E-state index is 0.126. The fourth-order valence-corrected chi connectivity index (χ4v) is 5.16. The van der Waals surface area contributed by atoms with E-state index in [1.807, 2.05) is 0 Å². The first-order chi connectivity index (χ1) is 21.0. The van der Waals surface area contributed by atoms with Gasteiger partial charge in [0.25, 0.3) is 5.91 Å². The van der Waals surface area contributed by atoms with Crippen molar-refractivity contribution in [2.24, 2.45) is 0 Å². The number of rotatable bonds is 10. The monoisotopic (exact) mass is 629 g/mol. The lowest BCUT2D eigenvalue weighted by Crippen LogP contribution is -2.30. The Labute approximate surface area is 253 Å². The molecule has 1 amide bonds. The summed E-state index contributed by atoms with van der Waals surface area (Å²) < 4.78 is 72.9. The predicted octanol–water partition coefficient (Wildman–Crippen LogP) is 7.08. The lowest BCUT2D eigenvalue weighted by molar-refractivity contribution is -0.137. The molecule has 0 spiro atoms. The van der Waals surface area contributed by atoms with Gasteiger partial charge in [0, 0.05) is 17.2 Å². The maximum atomic E-state index is 13.1. The smallest absolute Gasteiger partial charge is 0.416 e. The zero-order chi connectivity index (χ0) is 31.6. The van der Waals surface area contributed by atoms with Crippen molar-refractivity contribution in [2.45, 2.75) is 19.2 Å². The molecule has 2 heterocycles. The number of benzene rings is 3. The van der Waals surface area contributed by atoms with E-state index >= 15 is 0 Å². The number of nitrogens with one attached hydrogen (secondary N) is 1. The molecule has 0 bridgehead atoms.